The number of ether oxygens (including phenoxy) is 2. The lowest BCUT2D eigenvalue weighted by atomic mass is 9.78. The number of hydrogen-bond donors (Lipinski definition) is 4. The van der Waals surface area contributed by atoms with Gasteiger partial charge in [-0.15, -0.1) is 0 Å². The molecule has 66 heavy (non-hydrogen) atoms. The largest absolute Gasteiger partial charge is 0.453 e. The number of methoxy groups -OCH3 is 2. The van der Waals surface area contributed by atoms with Gasteiger partial charge in [0.1, 0.15) is 24.0 Å². The third-order valence-corrected chi connectivity index (χ3v) is 13.8. The minimum Gasteiger partial charge on any atom is -0.453 e. The molecule has 0 bridgehead atoms. The summed E-state index contributed by atoms with van der Waals surface area (Å²) in [6.07, 6.45) is 4.69. The van der Waals surface area contributed by atoms with E-state index in [1.165, 1.54) is 32.5 Å². The lowest BCUT2D eigenvalue weighted by Gasteiger charge is -2.35. The fraction of sp³-hybridized carbons (Fsp3) is 0.417. The summed E-state index contributed by atoms with van der Waals surface area (Å²) in [6, 6.07) is 11.3. The molecule has 14 nitrogen and oxygen atoms in total. The molecule has 2 aliphatic carbocycles. The first-order chi connectivity index (χ1) is 31.5. The normalized spacial score (nSPS) is 21.0. The highest BCUT2D eigenvalue weighted by Crippen LogP contribution is 2.60. The number of hydrogen-bond acceptors (Lipinski definition) is 9. The van der Waals surface area contributed by atoms with Gasteiger partial charge in [0.15, 0.2) is 0 Å². The van der Waals surface area contributed by atoms with Crippen LogP contribution < -0.4 is 10.6 Å². The van der Waals surface area contributed by atoms with Crippen molar-refractivity contribution in [3.8, 4) is 33.5 Å². The molecule has 2 aliphatic heterocycles. The summed E-state index contributed by atoms with van der Waals surface area (Å²) in [5, 5.41) is 5.30. The molecule has 4 heterocycles. The Labute approximate surface area is 377 Å². The van der Waals surface area contributed by atoms with Crippen LogP contribution in [-0.2, 0) is 30.9 Å². The highest BCUT2D eigenvalue weighted by atomic mass is 19.3. The zero-order valence-corrected chi connectivity index (χ0v) is 36.9. The number of nitrogens with zero attached hydrogens (tertiary/aromatic N) is 4. The smallest absolute Gasteiger partial charge is 0.407 e. The van der Waals surface area contributed by atoms with E-state index in [0.717, 1.165) is 37.8 Å². The van der Waals surface area contributed by atoms with Gasteiger partial charge in [-0.2, -0.15) is 17.6 Å². The third kappa shape index (κ3) is 7.77. The number of nitrogens with one attached hydrogen (secondary N) is 4. The van der Waals surface area contributed by atoms with Gasteiger partial charge in [-0.1, -0.05) is 50.8 Å². The van der Waals surface area contributed by atoms with Gasteiger partial charge in [-0.3, -0.25) is 14.5 Å². The molecule has 4 N–H and O–H groups in total. The van der Waals surface area contributed by atoms with E-state index >= 15 is 17.6 Å². The molecular formula is C48H50F4N8O6. The average Bonchev–Trinajstić information content (AvgIpc) is 3.78. The quantitative estimate of drug-likeness (QED) is 0.0544. The van der Waals surface area contributed by atoms with Crippen molar-refractivity contribution in [1.82, 2.24) is 40.4 Å². The number of carbonyl (C=O) groups is 4. The Hall–Kier alpha value is -6.56. The fourth-order valence-electron chi connectivity index (χ4n) is 9.86. The predicted octanol–water partition coefficient (Wildman–Crippen LogP) is 8.54. The maximum Gasteiger partial charge on any atom is 0.407 e. The van der Waals surface area contributed by atoms with Crippen LogP contribution in [0, 0.1) is 11.3 Å². The number of amides is 3. The average molecular weight is 911 g/mol. The molecule has 3 aromatic carbocycles. The lowest BCUT2D eigenvalue weighted by molar-refractivity contribution is -0.225. The minimum absolute atomic E-state index is 0.0138. The number of alkyl halides is 4. The molecule has 3 fully saturated rings. The van der Waals surface area contributed by atoms with Crippen LogP contribution >= 0.6 is 0 Å². The lowest BCUT2D eigenvalue weighted by Crippen LogP contribution is -2.51. The van der Waals surface area contributed by atoms with E-state index in [1.807, 2.05) is 13.8 Å². The molecular weight excluding hydrogens is 861 g/mol. The predicted molar refractivity (Wildman–Crippen MR) is 235 cm³/mol. The third-order valence-electron chi connectivity index (χ3n) is 13.8. The van der Waals surface area contributed by atoms with Crippen molar-refractivity contribution >= 4 is 35.4 Å². The number of aromatic amines is 2. The van der Waals surface area contributed by atoms with Crippen molar-refractivity contribution in [2.24, 2.45) is 11.3 Å². The first kappa shape index (κ1) is 44.6. The van der Waals surface area contributed by atoms with Gasteiger partial charge in [-0.05, 0) is 96.5 Å². The Kier molecular flexibility index (Phi) is 11.3. The van der Waals surface area contributed by atoms with Crippen LogP contribution in [0.1, 0.15) is 80.8 Å². The summed E-state index contributed by atoms with van der Waals surface area (Å²) in [4.78, 5) is 69.3. The fourth-order valence-corrected chi connectivity index (χ4v) is 9.86. The Morgan fingerprint density at radius 1 is 0.879 bits per heavy atom. The van der Waals surface area contributed by atoms with Crippen LogP contribution in [-0.4, -0.2) is 100 Å². The number of aromatic nitrogens is 4. The molecule has 0 unspecified atom stereocenters. The summed E-state index contributed by atoms with van der Waals surface area (Å²) in [7, 11) is 2.46. The van der Waals surface area contributed by atoms with E-state index in [-0.39, 0.29) is 52.1 Å². The molecule has 9 rings (SSSR count). The minimum atomic E-state index is -4.59. The Morgan fingerprint density at radius 2 is 1.52 bits per heavy atom. The number of fused-ring (bicyclic) bond motifs is 4. The van der Waals surface area contributed by atoms with Crippen molar-refractivity contribution in [3.05, 3.63) is 95.7 Å². The molecule has 4 aliphatic rings. The second-order valence-electron chi connectivity index (χ2n) is 18.3. The summed E-state index contributed by atoms with van der Waals surface area (Å²) >= 11 is 0. The van der Waals surface area contributed by atoms with Crippen molar-refractivity contribution < 1.29 is 46.2 Å². The highest BCUT2D eigenvalue weighted by Gasteiger charge is 2.63. The number of alkyl carbamates (subject to hydrolysis) is 2. The zero-order valence-electron chi connectivity index (χ0n) is 36.9. The number of halogens is 4. The van der Waals surface area contributed by atoms with E-state index in [2.05, 4.69) is 37.1 Å². The van der Waals surface area contributed by atoms with E-state index < -0.39 is 53.3 Å². The second-order valence-corrected chi connectivity index (χ2v) is 18.3. The molecule has 346 valence electrons. The maximum atomic E-state index is 16.3. The first-order valence-corrected chi connectivity index (χ1v) is 22.0. The number of imidazole rings is 2. The van der Waals surface area contributed by atoms with Gasteiger partial charge >= 0.3 is 24.0 Å². The molecule has 5 aromatic rings. The van der Waals surface area contributed by atoms with Crippen LogP contribution in [0.5, 0.6) is 0 Å². The maximum absolute atomic E-state index is 16.3. The molecule has 2 aromatic heterocycles. The van der Waals surface area contributed by atoms with Gasteiger partial charge in [0.25, 0.3) is 0 Å². The monoisotopic (exact) mass is 910 g/mol. The summed E-state index contributed by atoms with van der Waals surface area (Å²) < 4.78 is 74.7. The number of benzene rings is 3. The molecule has 2 saturated heterocycles. The van der Waals surface area contributed by atoms with Crippen LogP contribution in [0.2, 0.25) is 0 Å². The Balaban J connectivity index is 0.976. The van der Waals surface area contributed by atoms with Gasteiger partial charge in [0, 0.05) is 35.4 Å². The van der Waals surface area contributed by atoms with Crippen LogP contribution in [0.25, 0.3) is 44.5 Å². The molecule has 1 spiro atoms. The standard InChI is InChI=1S/C48H50F4N8O6/c1-25(2)40(58-45(64)66-5)43(62)60-24-46(14-15-46)20-39(60)41-53-21-36(56-41)29-9-12-31-30-11-8-27(17-32(30)47(49,50)48(51,52)33(31)18-29)28-10-13-34-35(19-28)55-42(54-34)38-7-6-16-59(38)22-37(26(3)23-61)57-44(63)65-4/h8-13,17-19,21,23,25,37-40H,3,6-7,14-16,20,22,24H2,1-2,4-5H3,(H,53,56)(H,54,55)(H,57,63)(H,58,64)/t37-,38+,39+,40+/m1/s1. The number of carbonyl (C=O) groups excluding carboxylic acids is 4. The van der Waals surface area contributed by atoms with E-state index in [1.54, 1.807) is 35.2 Å². The first-order valence-electron chi connectivity index (χ1n) is 22.0. The second kappa shape index (κ2) is 16.7. The van der Waals surface area contributed by atoms with Crippen LogP contribution in [0.3, 0.4) is 0 Å². The number of likely N-dealkylation sites (tertiary alicyclic amines) is 2. The Bertz CT molecular complexity index is 2760. The summed E-state index contributed by atoms with van der Waals surface area (Å²) in [6.45, 7) is 8.85. The molecule has 18 heteroatoms. The van der Waals surface area contributed by atoms with Crippen LogP contribution in [0.15, 0.2) is 72.9 Å². The topological polar surface area (TPSA) is 175 Å². The van der Waals surface area contributed by atoms with Gasteiger partial charge < -0.3 is 35.0 Å². The summed E-state index contributed by atoms with van der Waals surface area (Å²) in [5.41, 5.74) is 1.06. The number of H-pyrrole nitrogens is 2. The van der Waals surface area contributed by atoms with Crippen molar-refractivity contribution in [2.75, 3.05) is 33.9 Å². The number of rotatable bonds is 12. The van der Waals surface area contributed by atoms with Gasteiger partial charge in [-0.25, -0.2) is 19.6 Å². The van der Waals surface area contributed by atoms with Gasteiger partial charge in [0.2, 0.25) is 5.91 Å². The molecule has 4 atom stereocenters. The SMILES string of the molecule is C=C(C=O)[C@@H](CN1CCC[C@H]1c1nc2ccc(-c3ccc4c(c3)C(F)(F)C(F)(F)c3cc(-c5cnc([C@@H]6CC7(CC7)CN6C(=O)[C@@H](NC(=O)OC)C(C)C)[nH]5)ccc3-4)cc2[nH]1)NC(=O)OC. The van der Waals surface area contributed by atoms with Crippen LogP contribution in [0.4, 0.5) is 27.2 Å². The molecule has 0 radical (unpaired) electrons. The molecule has 3 amide bonds. The van der Waals surface area contributed by atoms with Gasteiger partial charge in [0.05, 0.1) is 55.3 Å². The Morgan fingerprint density at radius 3 is 2.17 bits per heavy atom. The molecule has 1 saturated carbocycles. The number of aldehydes is 1. The van der Waals surface area contributed by atoms with E-state index in [0.29, 0.717) is 65.3 Å². The van der Waals surface area contributed by atoms with E-state index in [9.17, 15) is 19.2 Å². The zero-order chi connectivity index (χ0) is 46.9. The summed E-state index contributed by atoms with van der Waals surface area (Å²) in [5.74, 6) is -8.63. The van der Waals surface area contributed by atoms with Crippen molar-refractivity contribution in [2.45, 2.75) is 82.0 Å². The van der Waals surface area contributed by atoms with Crippen molar-refractivity contribution in [3.63, 3.8) is 0 Å². The van der Waals surface area contributed by atoms with E-state index in [4.69, 9.17) is 14.5 Å². The van der Waals surface area contributed by atoms with Crippen molar-refractivity contribution in [1.29, 1.82) is 0 Å². The highest BCUT2D eigenvalue weighted by molar-refractivity contribution is 5.87.